The summed E-state index contributed by atoms with van der Waals surface area (Å²) in [6.07, 6.45) is 1.55. The van der Waals surface area contributed by atoms with Crippen LogP contribution in [-0.2, 0) is 26.3 Å². The zero-order valence-corrected chi connectivity index (χ0v) is 16.3. The van der Waals surface area contributed by atoms with Crippen LogP contribution in [0.3, 0.4) is 0 Å². The fourth-order valence-corrected chi connectivity index (χ4v) is 4.21. The zero-order valence-electron chi connectivity index (χ0n) is 13.9. The molecule has 9 heteroatoms. The Labute approximate surface area is 154 Å². The van der Waals surface area contributed by atoms with Crippen molar-refractivity contribution in [3.05, 3.63) is 53.6 Å². The average Bonchev–Trinajstić information content (AvgIpc) is 2.48. The maximum absolute atomic E-state index is 12.5. The lowest BCUT2D eigenvalue weighted by Crippen LogP contribution is -2.26. The van der Waals surface area contributed by atoms with Crippen LogP contribution in [0.5, 0.6) is 0 Å². The number of nitrogen functional groups attached to an aromatic ring is 1. The lowest BCUT2D eigenvalue weighted by Gasteiger charge is -2.11. The van der Waals surface area contributed by atoms with E-state index in [0.717, 1.165) is 11.8 Å². The third-order valence-corrected chi connectivity index (χ3v) is 6.28. The Morgan fingerprint density at radius 3 is 2.16 bits per heavy atom. The van der Waals surface area contributed by atoms with Gasteiger partial charge in [-0.1, -0.05) is 18.2 Å². The number of nitrogens with one attached hydrogen (secondary N) is 1. The quantitative estimate of drug-likeness (QED) is 0.715. The van der Waals surface area contributed by atoms with Crippen molar-refractivity contribution in [1.29, 1.82) is 0 Å². The molecule has 0 aliphatic carbocycles. The van der Waals surface area contributed by atoms with E-state index in [4.69, 9.17) is 5.73 Å². The lowest BCUT2D eigenvalue weighted by molar-refractivity contribution is 0.580. The molecule has 6 nitrogen and oxygen atoms in total. The maximum atomic E-state index is 12.5. The first-order chi connectivity index (χ1) is 11.1. The number of halogens is 1. The van der Waals surface area contributed by atoms with Crippen molar-refractivity contribution in [1.82, 2.24) is 4.72 Å². The van der Waals surface area contributed by atoms with Gasteiger partial charge in [0.15, 0.2) is 9.84 Å². The van der Waals surface area contributed by atoms with Crippen LogP contribution in [0, 0.1) is 6.92 Å². The molecule has 0 heterocycles. The molecular weight excluding hydrogens is 384 g/mol. The normalized spacial score (nSPS) is 11.8. The van der Waals surface area contributed by atoms with Crippen LogP contribution >= 0.6 is 12.4 Å². The van der Waals surface area contributed by atoms with Gasteiger partial charge < -0.3 is 5.73 Å². The first-order valence-corrected chi connectivity index (χ1v) is 10.6. The third kappa shape index (κ3) is 5.71. The van der Waals surface area contributed by atoms with Gasteiger partial charge in [0.25, 0.3) is 0 Å². The topological polar surface area (TPSA) is 106 Å². The number of sulfonamides is 1. The predicted molar refractivity (Wildman–Crippen MR) is 101 cm³/mol. The van der Waals surface area contributed by atoms with Gasteiger partial charge in [-0.3, -0.25) is 0 Å². The van der Waals surface area contributed by atoms with Gasteiger partial charge in [0.05, 0.1) is 9.79 Å². The zero-order chi connectivity index (χ0) is 18.0. The van der Waals surface area contributed by atoms with Gasteiger partial charge in [0.2, 0.25) is 10.0 Å². The van der Waals surface area contributed by atoms with Gasteiger partial charge in [-0.15, -0.1) is 12.4 Å². The molecule has 0 saturated heterocycles. The summed E-state index contributed by atoms with van der Waals surface area (Å²) >= 11 is 0. The van der Waals surface area contributed by atoms with Gasteiger partial charge in [0, 0.05) is 18.5 Å². The SMILES string of the molecule is Cc1ccc(S(C)(=O)=O)cc1S(=O)(=O)NCCc1ccc(N)cc1.Cl. The van der Waals surface area contributed by atoms with Crippen LogP contribution in [0.2, 0.25) is 0 Å². The van der Waals surface area contributed by atoms with Gasteiger partial charge in [-0.25, -0.2) is 21.6 Å². The van der Waals surface area contributed by atoms with Crippen LogP contribution in [-0.4, -0.2) is 29.6 Å². The van der Waals surface area contributed by atoms with Crippen molar-refractivity contribution in [2.75, 3.05) is 18.5 Å². The summed E-state index contributed by atoms with van der Waals surface area (Å²) in [7, 11) is -7.27. The number of rotatable bonds is 6. The minimum Gasteiger partial charge on any atom is -0.399 e. The van der Waals surface area contributed by atoms with E-state index < -0.39 is 19.9 Å². The van der Waals surface area contributed by atoms with E-state index >= 15 is 0 Å². The summed E-state index contributed by atoms with van der Waals surface area (Å²) in [6, 6.07) is 11.3. The second-order valence-electron chi connectivity index (χ2n) is 5.59. The van der Waals surface area contributed by atoms with Gasteiger partial charge in [-0.2, -0.15) is 0 Å². The molecular formula is C16H21ClN2O4S2. The van der Waals surface area contributed by atoms with Crippen molar-refractivity contribution < 1.29 is 16.8 Å². The molecule has 0 spiro atoms. The molecule has 0 saturated carbocycles. The van der Waals surface area contributed by atoms with Crippen molar-refractivity contribution in [3.8, 4) is 0 Å². The number of sulfone groups is 1. The van der Waals surface area contributed by atoms with Crippen LogP contribution < -0.4 is 10.5 Å². The van der Waals surface area contributed by atoms with E-state index in [1.54, 1.807) is 19.1 Å². The van der Waals surface area contributed by atoms with Crippen molar-refractivity contribution in [2.45, 2.75) is 23.1 Å². The molecule has 0 radical (unpaired) electrons. The van der Waals surface area contributed by atoms with Crippen molar-refractivity contribution >= 4 is 38.0 Å². The highest BCUT2D eigenvalue weighted by Gasteiger charge is 2.19. The summed E-state index contributed by atoms with van der Waals surface area (Å²) in [5, 5.41) is 0. The average molecular weight is 405 g/mol. The van der Waals surface area contributed by atoms with E-state index in [2.05, 4.69) is 4.72 Å². The van der Waals surface area contributed by atoms with E-state index in [1.807, 2.05) is 12.1 Å². The Morgan fingerprint density at radius 2 is 1.60 bits per heavy atom. The predicted octanol–water partition coefficient (Wildman–Crippen LogP) is 1.92. The summed E-state index contributed by atoms with van der Waals surface area (Å²) in [5.41, 5.74) is 7.69. The fraction of sp³-hybridized carbons (Fsp3) is 0.250. The maximum Gasteiger partial charge on any atom is 0.240 e. The van der Waals surface area contributed by atoms with Crippen LogP contribution in [0.4, 0.5) is 5.69 Å². The van der Waals surface area contributed by atoms with Crippen LogP contribution in [0.15, 0.2) is 52.3 Å². The molecule has 0 unspecified atom stereocenters. The van der Waals surface area contributed by atoms with Gasteiger partial charge in [0.1, 0.15) is 0 Å². The molecule has 0 aromatic heterocycles. The van der Waals surface area contributed by atoms with Crippen molar-refractivity contribution in [2.24, 2.45) is 0 Å². The molecule has 0 aliphatic rings. The Morgan fingerprint density at radius 1 is 1.00 bits per heavy atom. The molecule has 0 bridgehead atoms. The second-order valence-corrected chi connectivity index (χ2v) is 9.34. The van der Waals surface area contributed by atoms with E-state index in [0.29, 0.717) is 17.7 Å². The summed E-state index contributed by atoms with van der Waals surface area (Å²) < 4.78 is 50.7. The van der Waals surface area contributed by atoms with E-state index in [1.165, 1.54) is 18.2 Å². The number of nitrogens with two attached hydrogens (primary N) is 1. The molecule has 2 aromatic carbocycles. The molecule has 138 valence electrons. The molecule has 0 amide bonds. The number of hydrogen-bond donors (Lipinski definition) is 2. The molecule has 0 aliphatic heterocycles. The summed E-state index contributed by atoms with van der Waals surface area (Å²) in [5.74, 6) is 0. The number of anilines is 1. The summed E-state index contributed by atoms with van der Waals surface area (Å²) in [4.78, 5) is -0.0465. The van der Waals surface area contributed by atoms with Gasteiger partial charge >= 0.3 is 0 Å². The first-order valence-electron chi connectivity index (χ1n) is 7.24. The van der Waals surface area contributed by atoms with Crippen LogP contribution in [0.25, 0.3) is 0 Å². The number of benzene rings is 2. The van der Waals surface area contributed by atoms with E-state index in [-0.39, 0.29) is 28.7 Å². The molecule has 3 N–H and O–H groups in total. The Hall–Kier alpha value is -1.61. The third-order valence-electron chi connectivity index (χ3n) is 3.56. The highest BCUT2D eigenvalue weighted by atomic mass is 35.5. The number of aryl methyl sites for hydroxylation is 1. The Balaban J connectivity index is 0.00000312. The molecule has 0 atom stereocenters. The standard InChI is InChI=1S/C16H20N2O4S2.ClH/c1-12-3-8-15(23(2,19)20)11-16(12)24(21,22)18-10-9-13-4-6-14(17)7-5-13;/h3-8,11,18H,9-10,17H2,1-2H3;1H. The minimum absolute atomic E-state index is 0. The monoisotopic (exact) mass is 404 g/mol. The van der Waals surface area contributed by atoms with Crippen molar-refractivity contribution in [3.63, 3.8) is 0 Å². The van der Waals surface area contributed by atoms with Gasteiger partial charge in [-0.05, 0) is 48.7 Å². The minimum atomic E-state index is -3.79. The number of hydrogen-bond acceptors (Lipinski definition) is 5. The smallest absolute Gasteiger partial charge is 0.240 e. The highest BCUT2D eigenvalue weighted by Crippen LogP contribution is 2.20. The van der Waals surface area contributed by atoms with E-state index in [9.17, 15) is 16.8 Å². The molecule has 2 aromatic rings. The Kier molecular flexibility index (Phi) is 7.01. The van der Waals surface area contributed by atoms with Crippen LogP contribution in [0.1, 0.15) is 11.1 Å². The first kappa shape index (κ1) is 21.4. The fourth-order valence-electron chi connectivity index (χ4n) is 2.19. The lowest BCUT2D eigenvalue weighted by atomic mass is 10.1. The molecule has 25 heavy (non-hydrogen) atoms. The molecule has 2 rings (SSSR count). The second kappa shape index (κ2) is 8.18. The Bertz CT molecular complexity index is 941. The molecule has 0 fully saturated rings. The largest absolute Gasteiger partial charge is 0.399 e. The summed E-state index contributed by atoms with van der Waals surface area (Å²) in [6.45, 7) is 1.83. The highest BCUT2D eigenvalue weighted by molar-refractivity contribution is 7.91.